The molecule has 0 bridgehead atoms. The van der Waals surface area contributed by atoms with Crippen molar-refractivity contribution in [3.8, 4) is 5.75 Å². The normalized spacial score (nSPS) is 16.1. The highest BCUT2D eigenvalue weighted by Crippen LogP contribution is 2.43. The molecule has 1 aliphatic rings. The first kappa shape index (κ1) is 21.0. The molecule has 4 heterocycles. The number of Topliss-reactive ketones (excluding diaryl/α,β-unsaturated/α-hetero) is 1. The minimum Gasteiger partial charge on any atom is -0.503 e. The van der Waals surface area contributed by atoms with Crippen molar-refractivity contribution >= 4 is 34.0 Å². The molecular weight excluding hydrogens is 440 g/mol. The van der Waals surface area contributed by atoms with Crippen LogP contribution in [0.4, 0.5) is 0 Å². The zero-order valence-corrected chi connectivity index (χ0v) is 18.8. The van der Waals surface area contributed by atoms with Crippen molar-refractivity contribution < 1.29 is 23.8 Å². The number of aryl methyl sites for hydroxylation is 1. The second-order valence-electron chi connectivity index (χ2n) is 7.75. The maximum Gasteiger partial charge on any atom is 0.290 e. The second-order valence-corrected chi connectivity index (χ2v) is 8.69. The molecule has 1 unspecified atom stereocenters. The van der Waals surface area contributed by atoms with Crippen molar-refractivity contribution in [3.63, 3.8) is 0 Å². The number of methoxy groups -OCH3 is 1. The van der Waals surface area contributed by atoms with Gasteiger partial charge in [-0.2, -0.15) is 0 Å². The van der Waals surface area contributed by atoms with Crippen LogP contribution in [0.15, 0.2) is 76.0 Å². The molecule has 1 N–H and O–H groups in total. The quantitative estimate of drug-likeness (QED) is 0.408. The van der Waals surface area contributed by atoms with E-state index in [9.17, 15) is 14.7 Å². The lowest BCUT2D eigenvalue weighted by Crippen LogP contribution is -2.30. The van der Waals surface area contributed by atoms with Gasteiger partial charge >= 0.3 is 0 Å². The molecule has 1 aliphatic heterocycles. The third-order valence-electron chi connectivity index (χ3n) is 5.73. The summed E-state index contributed by atoms with van der Waals surface area (Å²) in [4.78, 5) is 33.2. The monoisotopic (exact) mass is 460 g/mol. The van der Waals surface area contributed by atoms with Crippen LogP contribution in [0.25, 0.3) is 11.0 Å². The van der Waals surface area contributed by atoms with Gasteiger partial charge < -0.3 is 19.2 Å². The van der Waals surface area contributed by atoms with Crippen LogP contribution >= 0.6 is 11.3 Å². The summed E-state index contributed by atoms with van der Waals surface area (Å²) in [5.41, 5.74) is 2.16. The van der Waals surface area contributed by atoms with Crippen molar-refractivity contribution in [3.05, 3.63) is 93.3 Å². The molecule has 33 heavy (non-hydrogen) atoms. The number of furan rings is 1. The predicted octanol–water partition coefficient (Wildman–Crippen LogP) is 4.98. The number of fused-ring (bicyclic) bond motifs is 1. The number of amides is 1. The third-order valence-corrected chi connectivity index (χ3v) is 6.80. The number of hydrogen-bond acceptors (Lipinski definition) is 7. The molecule has 0 saturated carbocycles. The van der Waals surface area contributed by atoms with Gasteiger partial charge in [0.05, 0.1) is 12.7 Å². The molecule has 0 aliphatic carbocycles. The molecule has 3 aromatic heterocycles. The summed E-state index contributed by atoms with van der Waals surface area (Å²) in [5.74, 6) is -1.17. The molecule has 0 fully saturated rings. The summed E-state index contributed by atoms with van der Waals surface area (Å²) in [7, 11) is 1.52. The zero-order valence-electron chi connectivity index (χ0n) is 17.9. The largest absolute Gasteiger partial charge is 0.503 e. The number of thiophene rings is 1. The highest BCUT2D eigenvalue weighted by molar-refractivity contribution is 7.10. The molecule has 5 rings (SSSR count). The van der Waals surface area contributed by atoms with Crippen molar-refractivity contribution in [2.24, 2.45) is 0 Å². The van der Waals surface area contributed by atoms with Gasteiger partial charge in [0.25, 0.3) is 5.91 Å². The van der Waals surface area contributed by atoms with E-state index >= 15 is 0 Å². The molecule has 1 atom stereocenters. The Morgan fingerprint density at radius 1 is 1.27 bits per heavy atom. The van der Waals surface area contributed by atoms with E-state index in [1.54, 1.807) is 36.7 Å². The van der Waals surface area contributed by atoms with Gasteiger partial charge in [-0.3, -0.25) is 14.6 Å². The Labute approximate surface area is 193 Å². The number of rotatable bonds is 6. The summed E-state index contributed by atoms with van der Waals surface area (Å²) in [6, 6.07) is 11.8. The van der Waals surface area contributed by atoms with Gasteiger partial charge in [-0.15, -0.1) is 11.3 Å². The van der Waals surface area contributed by atoms with Crippen LogP contribution in [0.5, 0.6) is 5.75 Å². The highest BCUT2D eigenvalue weighted by atomic mass is 32.1. The number of ketones is 1. The Morgan fingerprint density at radius 2 is 2.12 bits per heavy atom. The Balaban J connectivity index is 1.61. The molecule has 1 amide bonds. The van der Waals surface area contributed by atoms with Crippen LogP contribution in [0.2, 0.25) is 0 Å². The number of aromatic nitrogens is 1. The first-order valence-electron chi connectivity index (χ1n) is 10.3. The molecule has 166 valence electrons. The third kappa shape index (κ3) is 3.48. The summed E-state index contributed by atoms with van der Waals surface area (Å²) in [5, 5.41) is 13.5. The van der Waals surface area contributed by atoms with E-state index < -0.39 is 23.5 Å². The number of aliphatic hydroxyl groups is 1. The van der Waals surface area contributed by atoms with E-state index in [0.717, 1.165) is 16.0 Å². The maximum absolute atomic E-state index is 13.6. The SMILES string of the molecule is COc1cccc2cc(C(=O)C3=C(O)C(=O)N(Cc4cccnc4)C3c3sccc3C)oc12. The van der Waals surface area contributed by atoms with E-state index in [4.69, 9.17) is 9.15 Å². The summed E-state index contributed by atoms with van der Waals surface area (Å²) in [6.07, 6.45) is 3.31. The zero-order chi connectivity index (χ0) is 23.1. The fraction of sp³-hybridized carbons (Fsp3) is 0.160. The van der Waals surface area contributed by atoms with E-state index in [2.05, 4.69) is 4.98 Å². The summed E-state index contributed by atoms with van der Waals surface area (Å²) >= 11 is 1.44. The molecule has 0 saturated heterocycles. The smallest absolute Gasteiger partial charge is 0.290 e. The van der Waals surface area contributed by atoms with Crippen LogP contribution in [0, 0.1) is 6.92 Å². The second kappa shape index (κ2) is 8.22. The highest BCUT2D eigenvalue weighted by Gasteiger charge is 2.45. The number of carbonyl (C=O) groups excluding carboxylic acids is 2. The lowest BCUT2D eigenvalue weighted by Gasteiger charge is -2.26. The minimum absolute atomic E-state index is 0.00691. The van der Waals surface area contributed by atoms with Crippen LogP contribution in [-0.2, 0) is 11.3 Å². The van der Waals surface area contributed by atoms with Crippen molar-refractivity contribution in [1.82, 2.24) is 9.88 Å². The van der Waals surface area contributed by atoms with Crippen molar-refractivity contribution in [1.29, 1.82) is 0 Å². The van der Waals surface area contributed by atoms with E-state index in [1.165, 1.54) is 23.3 Å². The van der Waals surface area contributed by atoms with E-state index in [-0.39, 0.29) is 17.9 Å². The molecule has 0 radical (unpaired) electrons. The lowest BCUT2D eigenvalue weighted by atomic mass is 9.98. The van der Waals surface area contributed by atoms with Crippen LogP contribution < -0.4 is 4.74 Å². The molecule has 4 aromatic rings. The number of benzene rings is 1. The Bertz CT molecular complexity index is 1400. The number of carbonyl (C=O) groups is 2. The molecule has 0 spiro atoms. The van der Waals surface area contributed by atoms with E-state index in [0.29, 0.717) is 16.7 Å². The van der Waals surface area contributed by atoms with E-state index in [1.807, 2.05) is 30.5 Å². The first-order chi connectivity index (χ1) is 16.0. The van der Waals surface area contributed by atoms with Gasteiger partial charge in [0.2, 0.25) is 5.78 Å². The average molecular weight is 461 g/mol. The Kier molecular flexibility index (Phi) is 5.22. The molecule has 1 aromatic carbocycles. The van der Waals surface area contributed by atoms with Gasteiger partial charge in [-0.1, -0.05) is 18.2 Å². The van der Waals surface area contributed by atoms with Gasteiger partial charge in [-0.05, 0) is 47.7 Å². The number of hydrogen-bond donors (Lipinski definition) is 1. The van der Waals surface area contributed by atoms with Gasteiger partial charge in [-0.25, -0.2) is 0 Å². The van der Waals surface area contributed by atoms with Crippen LogP contribution in [0.3, 0.4) is 0 Å². The Hall–Kier alpha value is -3.91. The van der Waals surface area contributed by atoms with Gasteiger partial charge in [0.1, 0.15) is 6.04 Å². The topological polar surface area (TPSA) is 92.9 Å². The van der Waals surface area contributed by atoms with Gasteiger partial charge in [0.15, 0.2) is 22.9 Å². The van der Waals surface area contributed by atoms with Crippen molar-refractivity contribution in [2.75, 3.05) is 7.11 Å². The van der Waals surface area contributed by atoms with Crippen LogP contribution in [-0.4, -0.2) is 33.8 Å². The van der Waals surface area contributed by atoms with Crippen molar-refractivity contribution in [2.45, 2.75) is 19.5 Å². The summed E-state index contributed by atoms with van der Waals surface area (Å²) in [6.45, 7) is 2.12. The number of pyridine rings is 1. The number of aliphatic hydroxyl groups excluding tert-OH is 1. The predicted molar refractivity (Wildman–Crippen MR) is 123 cm³/mol. The fourth-order valence-corrected chi connectivity index (χ4v) is 5.16. The fourth-order valence-electron chi connectivity index (χ4n) is 4.12. The standard InChI is InChI=1S/C25H20N2O5S/c1-14-8-10-33-24(14)20-19(22(29)25(30)27(20)13-15-5-4-9-26-12-15)21(28)18-11-16-6-3-7-17(31-2)23(16)32-18/h3-12,20,29H,13H2,1-2H3. The van der Waals surface area contributed by atoms with Gasteiger partial charge in [0, 0.05) is 29.2 Å². The first-order valence-corrected chi connectivity index (χ1v) is 11.2. The molecular formula is C25H20N2O5S. The average Bonchev–Trinajstić information content (AvgIpc) is 3.51. The maximum atomic E-state index is 13.6. The molecule has 7 nitrogen and oxygen atoms in total. The lowest BCUT2D eigenvalue weighted by molar-refractivity contribution is -0.130. The van der Waals surface area contributed by atoms with Crippen LogP contribution in [0.1, 0.15) is 32.6 Å². The number of para-hydroxylation sites is 1. The molecule has 8 heteroatoms. The summed E-state index contributed by atoms with van der Waals surface area (Å²) < 4.78 is 11.2. The minimum atomic E-state index is -0.736. The number of nitrogens with zero attached hydrogens (tertiary/aromatic N) is 2. The Morgan fingerprint density at radius 3 is 2.82 bits per heavy atom. The number of ether oxygens (including phenoxy) is 1.